The summed E-state index contributed by atoms with van der Waals surface area (Å²) >= 11 is 0. The van der Waals surface area contributed by atoms with Crippen molar-refractivity contribution in [2.75, 3.05) is 13.1 Å². The molecule has 0 saturated heterocycles. The average Bonchev–Trinajstić information content (AvgIpc) is 2.21. The van der Waals surface area contributed by atoms with Crippen LogP contribution in [-0.2, 0) is 0 Å². The van der Waals surface area contributed by atoms with Gasteiger partial charge in [-0.3, -0.25) is 5.32 Å². The maximum atomic E-state index is 5.68. The summed E-state index contributed by atoms with van der Waals surface area (Å²) in [6, 6.07) is 8.36. The molecule has 1 rings (SSSR count). The molecular formula is C12H16N2. The van der Waals surface area contributed by atoms with Gasteiger partial charge in [0.2, 0.25) is 0 Å². The fourth-order valence-electron chi connectivity index (χ4n) is 1.48. The normalized spacial score (nSPS) is 12.1. The van der Waals surface area contributed by atoms with E-state index in [0.717, 1.165) is 0 Å². The number of rotatable bonds is 4. The van der Waals surface area contributed by atoms with Crippen LogP contribution in [0.2, 0.25) is 0 Å². The van der Waals surface area contributed by atoms with Crippen molar-refractivity contribution in [1.29, 1.82) is 0 Å². The van der Waals surface area contributed by atoms with Crippen LogP contribution >= 0.6 is 0 Å². The van der Waals surface area contributed by atoms with Gasteiger partial charge < -0.3 is 5.73 Å². The first-order valence-corrected chi connectivity index (χ1v) is 4.72. The number of hydrogen-bond acceptors (Lipinski definition) is 2. The van der Waals surface area contributed by atoms with Gasteiger partial charge in [-0.25, -0.2) is 0 Å². The molecule has 74 valence electrons. The van der Waals surface area contributed by atoms with E-state index in [0.29, 0.717) is 13.1 Å². The fraction of sp³-hybridized carbons (Fsp3) is 0.333. The third kappa shape index (κ3) is 2.59. The predicted molar refractivity (Wildman–Crippen MR) is 59.8 cm³/mol. The predicted octanol–water partition coefficient (Wildman–Crippen LogP) is 1.22. The van der Waals surface area contributed by atoms with E-state index in [4.69, 9.17) is 12.2 Å². The van der Waals surface area contributed by atoms with E-state index >= 15 is 0 Å². The van der Waals surface area contributed by atoms with Gasteiger partial charge in [-0.05, 0) is 18.1 Å². The summed E-state index contributed by atoms with van der Waals surface area (Å²) in [4.78, 5) is 0. The van der Waals surface area contributed by atoms with Gasteiger partial charge in [-0.2, -0.15) is 0 Å². The first-order valence-electron chi connectivity index (χ1n) is 4.72. The van der Waals surface area contributed by atoms with Crippen molar-refractivity contribution in [2.24, 2.45) is 5.73 Å². The van der Waals surface area contributed by atoms with Crippen LogP contribution in [0, 0.1) is 19.3 Å². The Morgan fingerprint density at radius 2 is 2.21 bits per heavy atom. The molecule has 1 atom stereocenters. The zero-order valence-corrected chi connectivity index (χ0v) is 8.46. The van der Waals surface area contributed by atoms with Gasteiger partial charge in [0, 0.05) is 12.6 Å². The molecule has 0 aliphatic heterocycles. The van der Waals surface area contributed by atoms with Gasteiger partial charge in [-0.15, -0.1) is 6.42 Å². The second-order valence-electron chi connectivity index (χ2n) is 3.23. The van der Waals surface area contributed by atoms with Gasteiger partial charge in [-0.1, -0.05) is 30.2 Å². The Kier molecular flexibility index (Phi) is 4.18. The minimum atomic E-state index is 0.159. The summed E-state index contributed by atoms with van der Waals surface area (Å²) in [5, 5.41) is 3.22. The Labute approximate surface area is 85.5 Å². The van der Waals surface area contributed by atoms with E-state index in [1.807, 2.05) is 12.1 Å². The van der Waals surface area contributed by atoms with Crippen LogP contribution in [0.4, 0.5) is 0 Å². The Hall–Kier alpha value is -1.30. The van der Waals surface area contributed by atoms with Gasteiger partial charge in [0.25, 0.3) is 0 Å². The molecule has 1 aromatic rings. The molecule has 0 aromatic heterocycles. The standard InChI is InChI=1S/C12H16N2/c1-3-8-14-12(9-13)11-7-5-4-6-10(11)2/h1,4-7,12,14H,8-9,13H2,2H3. The van der Waals surface area contributed by atoms with Crippen molar-refractivity contribution in [1.82, 2.24) is 5.32 Å². The summed E-state index contributed by atoms with van der Waals surface area (Å²) in [6.45, 7) is 3.19. The second-order valence-corrected chi connectivity index (χ2v) is 3.23. The highest BCUT2D eigenvalue weighted by atomic mass is 14.9. The lowest BCUT2D eigenvalue weighted by atomic mass is 10.0. The molecule has 0 aliphatic carbocycles. The largest absolute Gasteiger partial charge is 0.329 e. The molecule has 3 N–H and O–H groups in total. The SMILES string of the molecule is C#CCNC(CN)c1ccccc1C. The van der Waals surface area contributed by atoms with Crippen LogP contribution in [0.15, 0.2) is 24.3 Å². The molecule has 0 amide bonds. The first kappa shape index (κ1) is 10.8. The molecule has 0 saturated carbocycles. The van der Waals surface area contributed by atoms with Crippen LogP contribution < -0.4 is 11.1 Å². The van der Waals surface area contributed by atoms with Gasteiger partial charge in [0.1, 0.15) is 0 Å². The average molecular weight is 188 g/mol. The third-order valence-corrected chi connectivity index (χ3v) is 2.25. The molecule has 0 bridgehead atoms. The van der Waals surface area contributed by atoms with Gasteiger partial charge in [0.15, 0.2) is 0 Å². The smallest absolute Gasteiger partial charge is 0.0578 e. The molecule has 2 heteroatoms. The van der Waals surface area contributed by atoms with Crippen LogP contribution in [0.1, 0.15) is 17.2 Å². The molecule has 1 unspecified atom stereocenters. The zero-order chi connectivity index (χ0) is 10.4. The number of hydrogen-bond donors (Lipinski definition) is 2. The van der Waals surface area contributed by atoms with E-state index in [-0.39, 0.29) is 6.04 Å². The highest BCUT2D eigenvalue weighted by Crippen LogP contribution is 2.15. The minimum Gasteiger partial charge on any atom is -0.329 e. The molecule has 0 spiro atoms. The molecule has 0 heterocycles. The summed E-state index contributed by atoms with van der Waals surface area (Å²) in [5.41, 5.74) is 8.15. The third-order valence-electron chi connectivity index (χ3n) is 2.25. The number of terminal acetylenes is 1. The van der Waals surface area contributed by atoms with Crippen LogP contribution in [-0.4, -0.2) is 13.1 Å². The summed E-state index contributed by atoms with van der Waals surface area (Å²) in [7, 11) is 0. The molecule has 2 nitrogen and oxygen atoms in total. The lowest BCUT2D eigenvalue weighted by Crippen LogP contribution is -2.29. The van der Waals surface area contributed by atoms with E-state index in [1.54, 1.807) is 0 Å². The molecule has 0 fully saturated rings. The Bertz CT molecular complexity index is 325. The lowest BCUT2D eigenvalue weighted by Gasteiger charge is -2.17. The van der Waals surface area contributed by atoms with Gasteiger partial charge in [0.05, 0.1) is 6.54 Å². The summed E-state index contributed by atoms with van der Waals surface area (Å²) in [6.07, 6.45) is 5.19. The number of nitrogens with two attached hydrogens (primary N) is 1. The Balaban J connectivity index is 2.79. The van der Waals surface area contributed by atoms with Crippen LogP contribution in [0.25, 0.3) is 0 Å². The van der Waals surface area contributed by atoms with E-state index in [2.05, 4.69) is 30.3 Å². The number of aryl methyl sites for hydroxylation is 1. The van der Waals surface area contributed by atoms with E-state index < -0.39 is 0 Å². The van der Waals surface area contributed by atoms with Crippen molar-refractivity contribution >= 4 is 0 Å². The Morgan fingerprint density at radius 3 is 2.79 bits per heavy atom. The number of benzene rings is 1. The summed E-state index contributed by atoms with van der Waals surface area (Å²) < 4.78 is 0. The van der Waals surface area contributed by atoms with Crippen molar-refractivity contribution in [2.45, 2.75) is 13.0 Å². The fourth-order valence-corrected chi connectivity index (χ4v) is 1.48. The monoisotopic (exact) mass is 188 g/mol. The quantitative estimate of drug-likeness (QED) is 0.697. The number of nitrogens with one attached hydrogen (secondary N) is 1. The van der Waals surface area contributed by atoms with E-state index in [1.165, 1.54) is 11.1 Å². The summed E-state index contributed by atoms with van der Waals surface area (Å²) in [5.74, 6) is 2.56. The van der Waals surface area contributed by atoms with Gasteiger partial charge >= 0.3 is 0 Å². The molecule has 1 aromatic carbocycles. The maximum Gasteiger partial charge on any atom is 0.0578 e. The minimum absolute atomic E-state index is 0.159. The highest BCUT2D eigenvalue weighted by Gasteiger charge is 2.09. The van der Waals surface area contributed by atoms with Crippen molar-refractivity contribution < 1.29 is 0 Å². The van der Waals surface area contributed by atoms with Crippen LogP contribution in [0.3, 0.4) is 0 Å². The first-order chi connectivity index (χ1) is 6.79. The molecular weight excluding hydrogens is 172 g/mol. The van der Waals surface area contributed by atoms with Crippen molar-refractivity contribution in [3.63, 3.8) is 0 Å². The molecule has 0 radical (unpaired) electrons. The second kappa shape index (κ2) is 5.43. The van der Waals surface area contributed by atoms with E-state index in [9.17, 15) is 0 Å². The Morgan fingerprint density at radius 1 is 1.50 bits per heavy atom. The molecule has 0 aliphatic rings. The highest BCUT2D eigenvalue weighted by molar-refractivity contribution is 5.29. The topological polar surface area (TPSA) is 38.0 Å². The van der Waals surface area contributed by atoms with Crippen molar-refractivity contribution in [3.8, 4) is 12.3 Å². The van der Waals surface area contributed by atoms with Crippen LogP contribution in [0.5, 0.6) is 0 Å². The zero-order valence-electron chi connectivity index (χ0n) is 8.46. The lowest BCUT2D eigenvalue weighted by molar-refractivity contribution is 0.579. The molecule has 14 heavy (non-hydrogen) atoms. The maximum absolute atomic E-state index is 5.68. The van der Waals surface area contributed by atoms with Crippen molar-refractivity contribution in [3.05, 3.63) is 35.4 Å².